The predicted octanol–water partition coefficient (Wildman–Crippen LogP) is 3.97. The van der Waals surface area contributed by atoms with E-state index in [4.69, 9.17) is 4.74 Å². The Labute approximate surface area is 191 Å². The number of carbonyl (C=O) groups excluding carboxylic acids is 2. The minimum Gasteiger partial charge on any atom is -0.496 e. The lowest BCUT2D eigenvalue weighted by atomic mass is 10.1. The number of aromatic nitrogens is 3. The molecule has 32 heavy (non-hydrogen) atoms. The van der Waals surface area contributed by atoms with Gasteiger partial charge in [0.15, 0.2) is 11.0 Å². The second-order valence-corrected chi connectivity index (χ2v) is 9.16. The van der Waals surface area contributed by atoms with Crippen LogP contribution in [0.15, 0.2) is 53.7 Å². The fourth-order valence-corrected chi connectivity index (χ4v) is 3.71. The summed E-state index contributed by atoms with van der Waals surface area (Å²) in [5.41, 5.74) is 2.32. The summed E-state index contributed by atoms with van der Waals surface area (Å²) in [6, 6.07) is 15.0. The highest BCUT2D eigenvalue weighted by Crippen LogP contribution is 2.33. The Morgan fingerprint density at radius 3 is 2.41 bits per heavy atom. The quantitative estimate of drug-likeness (QED) is 0.548. The number of nitrogens with zero attached hydrogens (tertiary/aromatic N) is 3. The average molecular weight is 454 g/mol. The van der Waals surface area contributed by atoms with Gasteiger partial charge in [-0.25, -0.2) is 4.79 Å². The van der Waals surface area contributed by atoms with Crippen LogP contribution in [0.4, 0.5) is 4.79 Å². The van der Waals surface area contributed by atoms with Gasteiger partial charge in [-0.15, -0.1) is 10.2 Å². The molecule has 2 N–H and O–H groups in total. The third kappa shape index (κ3) is 5.88. The minimum atomic E-state index is -0.530. The molecule has 0 saturated heterocycles. The molecule has 0 aliphatic rings. The van der Waals surface area contributed by atoms with Gasteiger partial charge in [0.05, 0.1) is 18.4 Å². The van der Waals surface area contributed by atoms with Gasteiger partial charge in [0.2, 0.25) is 5.91 Å². The van der Waals surface area contributed by atoms with Crippen LogP contribution in [-0.2, 0) is 4.79 Å². The third-order valence-electron chi connectivity index (χ3n) is 4.35. The summed E-state index contributed by atoms with van der Waals surface area (Å²) < 4.78 is 7.38. The van der Waals surface area contributed by atoms with E-state index in [0.29, 0.717) is 16.7 Å². The lowest BCUT2D eigenvalue weighted by Crippen LogP contribution is -2.48. The lowest BCUT2D eigenvalue weighted by Gasteiger charge is -2.20. The van der Waals surface area contributed by atoms with Crippen molar-refractivity contribution in [3.05, 3.63) is 54.1 Å². The number of methoxy groups -OCH3 is 1. The number of imide groups is 1. The van der Waals surface area contributed by atoms with Crippen LogP contribution >= 0.6 is 11.8 Å². The van der Waals surface area contributed by atoms with E-state index in [2.05, 4.69) is 20.8 Å². The van der Waals surface area contributed by atoms with Gasteiger partial charge in [0.1, 0.15) is 5.75 Å². The predicted molar refractivity (Wildman–Crippen MR) is 125 cm³/mol. The van der Waals surface area contributed by atoms with Crippen molar-refractivity contribution in [3.8, 4) is 22.8 Å². The van der Waals surface area contributed by atoms with Crippen molar-refractivity contribution in [1.29, 1.82) is 0 Å². The Morgan fingerprint density at radius 1 is 1.06 bits per heavy atom. The molecule has 0 bridgehead atoms. The first-order chi connectivity index (χ1) is 15.2. The van der Waals surface area contributed by atoms with Crippen LogP contribution in [0.25, 0.3) is 17.1 Å². The molecule has 0 aliphatic heterocycles. The molecule has 0 saturated carbocycles. The van der Waals surface area contributed by atoms with Crippen molar-refractivity contribution < 1.29 is 14.3 Å². The Bertz CT molecular complexity index is 1100. The van der Waals surface area contributed by atoms with Crippen LogP contribution in [0.3, 0.4) is 0 Å². The lowest BCUT2D eigenvalue weighted by molar-refractivity contribution is -0.117. The van der Waals surface area contributed by atoms with Gasteiger partial charge in [0.25, 0.3) is 0 Å². The highest BCUT2D eigenvalue weighted by molar-refractivity contribution is 7.99. The Balaban J connectivity index is 1.88. The summed E-state index contributed by atoms with van der Waals surface area (Å²) in [6.07, 6.45) is 0. The zero-order valence-electron chi connectivity index (χ0n) is 18.8. The Hall–Kier alpha value is -3.33. The van der Waals surface area contributed by atoms with Crippen LogP contribution in [0.5, 0.6) is 5.75 Å². The van der Waals surface area contributed by atoms with Crippen molar-refractivity contribution in [2.45, 2.75) is 38.4 Å². The number of carbonyl (C=O) groups is 2. The minimum absolute atomic E-state index is 0.00742. The number of thioether (sulfide) groups is 1. The van der Waals surface area contributed by atoms with Gasteiger partial charge in [-0.2, -0.15) is 0 Å². The van der Waals surface area contributed by atoms with E-state index < -0.39 is 17.5 Å². The number of nitrogens with one attached hydrogen (secondary N) is 2. The topological polar surface area (TPSA) is 98.1 Å². The molecule has 8 nitrogen and oxygen atoms in total. The molecular formula is C23H27N5O3S. The highest BCUT2D eigenvalue weighted by atomic mass is 32.2. The molecule has 3 rings (SSSR count). The molecular weight excluding hydrogens is 426 g/mol. The van der Waals surface area contributed by atoms with Crippen LogP contribution in [-0.4, -0.2) is 45.1 Å². The van der Waals surface area contributed by atoms with E-state index in [9.17, 15) is 9.59 Å². The van der Waals surface area contributed by atoms with E-state index >= 15 is 0 Å². The van der Waals surface area contributed by atoms with Crippen molar-refractivity contribution in [2.24, 2.45) is 0 Å². The van der Waals surface area contributed by atoms with Crippen molar-refractivity contribution in [2.75, 3.05) is 12.9 Å². The molecule has 3 amide bonds. The zero-order chi connectivity index (χ0) is 23.3. The van der Waals surface area contributed by atoms with Crippen molar-refractivity contribution in [3.63, 3.8) is 0 Å². The fourth-order valence-electron chi connectivity index (χ4n) is 2.96. The monoisotopic (exact) mass is 453 g/mol. The van der Waals surface area contributed by atoms with Crippen LogP contribution in [0.2, 0.25) is 0 Å². The molecule has 9 heteroatoms. The van der Waals surface area contributed by atoms with E-state index in [1.54, 1.807) is 7.11 Å². The normalized spacial score (nSPS) is 11.2. The summed E-state index contributed by atoms with van der Waals surface area (Å²) in [5, 5.41) is 14.3. The second-order valence-electron chi connectivity index (χ2n) is 8.22. The van der Waals surface area contributed by atoms with Crippen molar-refractivity contribution in [1.82, 2.24) is 25.4 Å². The van der Waals surface area contributed by atoms with Gasteiger partial charge in [-0.3, -0.25) is 14.7 Å². The van der Waals surface area contributed by atoms with Crippen LogP contribution < -0.4 is 15.4 Å². The average Bonchev–Trinajstić information content (AvgIpc) is 3.15. The summed E-state index contributed by atoms with van der Waals surface area (Å²) in [6.45, 7) is 7.54. The summed E-state index contributed by atoms with van der Waals surface area (Å²) >= 11 is 1.20. The van der Waals surface area contributed by atoms with Crippen molar-refractivity contribution >= 4 is 23.7 Å². The molecule has 0 spiro atoms. The summed E-state index contributed by atoms with van der Waals surface area (Å²) in [5.74, 6) is 0.850. The van der Waals surface area contributed by atoms with E-state index in [0.717, 1.165) is 16.8 Å². The molecule has 0 fully saturated rings. The number of ether oxygens (including phenoxy) is 1. The molecule has 0 unspecified atom stereocenters. The van der Waals surface area contributed by atoms with Gasteiger partial charge in [-0.05, 0) is 52.0 Å². The zero-order valence-corrected chi connectivity index (χ0v) is 19.6. The second kappa shape index (κ2) is 9.86. The number of benzene rings is 2. The maximum absolute atomic E-state index is 12.3. The molecule has 3 aromatic rings. The molecule has 0 radical (unpaired) electrons. The number of hydrogen-bond acceptors (Lipinski definition) is 6. The highest BCUT2D eigenvalue weighted by Gasteiger charge is 2.21. The van der Waals surface area contributed by atoms with E-state index in [1.165, 1.54) is 11.8 Å². The first-order valence-corrected chi connectivity index (χ1v) is 11.1. The number of urea groups is 1. The molecule has 1 heterocycles. The number of amides is 3. The molecule has 0 aliphatic carbocycles. The number of rotatable bonds is 6. The summed E-state index contributed by atoms with van der Waals surface area (Å²) in [7, 11) is 1.61. The maximum atomic E-state index is 12.3. The van der Waals surface area contributed by atoms with Crippen LogP contribution in [0.1, 0.15) is 26.3 Å². The summed E-state index contributed by atoms with van der Waals surface area (Å²) in [4.78, 5) is 24.3. The standard InChI is InChI=1S/C23H27N5O3S/c1-15-10-12-16(13-11-15)28-20(17-8-6-7-9-18(17)31-5)26-27-22(28)32-14-19(29)24-21(30)25-23(2,3)4/h6-13H,14H2,1-5H3,(H2,24,25,29,30). The molecule has 0 atom stereocenters. The van der Waals surface area contributed by atoms with Gasteiger partial charge in [-0.1, -0.05) is 41.6 Å². The largest absolute Gasteiger partial charge is 0.496 e. The Morgan fingerprint density at radius 2 is 1.75 bits per heavy atom. The fraction of sp³-hybridized carbons (Fsp3) is 0.304. The molecule has 168 valence electrons. The molecule has 2 aromatic carbocycles. The SMILES string of the molecule is COc1ccccc1-c1nnc(SCC(=O)NC(=O)NC(C)(C)C)n1-c1ccc(C)cc1. The smallest absolute Gasteiger partial charge is 0.321 e. The van der Waals surface area contributed by atoms with Gasteiger partial charge >= 0.3 is 6.03 Å². The number of hydrogen-bond donors (Lipinski definition) is 2. The first kappa shape index (κ1) is 23.3. The third-order valence-corrected chi connectivity index (χ3v) is 5.28. The van der Waals surface area contributed by atoms with Crippen LogP contribution in [0, 0.1) is 6.92 Å². The first-order valence-electron chi connectivity index (χ1n) is 10.1. The molecule has 1 aromatic heterocycles. The van der Waals surface area contributed by atoms with E-state index in [-0.39, 0.29) is 5.75 Å². The maximum Gasteiger partial charge on any atom is 0.321 e. The number of para-hydroxylation sites is 1. The van der Waals surface area contributed by atoms with Gasteiger partial charge < -0.3 is 10.1 Å². The van der Waals surface area contributed by atoms with E-state index in [1.807, 2.05) is 80.8 Å². The van der Waals surface area contributed by atoms with Gasteiger partial charge in [0, 0.05) is 11.2 Å². The Kier molecular flexibility index (Phi) is 7.19. The number of aryl methyl sites for hydroxylation is 1.